The summed E-state index contributed by atoms with van der Waals surface area (Å²) in [6.45, 7) is 8.02. The van der Waals surface area contributed by atoms with E-state index in [1.54, 1.807) is 6.20 Å². The zero-order valence-corrected chi connectivity index (χ0v) is 13.1. The quantitative estimate of drug-likeness (QED) is 0.853. The van der Waals surface area contributed by atoms with E-state index in [4.69, 9.17) is 0 Å². The maximum atomic E-state index is 9.22. The number of pyridine rings is 1. The number of rotatable bonds is 2. The topological polar surface area (TPSA) is 43.2 Å². The van der Waals surface area contributed by atoms with Crippen molar-refractivity contribution < 1.29 is 0 Å². The van der Waals surface area contributed by atoms with Gasteiger partial charge in [0.05, 0.1) is 5.56 Å². The third kappa shape index (κ3) is 2.62. The molecule has 0 amide bonds. The molecule has 2 heterocycles. The standard InChI is InChI=1S/C18H20N4/c1-14-5-3-7-17(15(14)2)21-9-11-22(12-10-21)18-16(13-19)6-4-8-20-18/h3-8H,9-12H2,1-2H3. The molecule has 0 atom stereocenters. The van der Waals surface area contributed by atoms with Gasteiger partial charge in [0.2, 0.25) is 0 Å². The van der Waals surface area contributed by atoms with Crippen LogP contribution in [-0.4, -0.2) is 31.2 Å². The zero-order chi connectivity index (χ0) is 15.5. The van der Waals surface area contributed by atoms with E-state index in [-0.39, 0.29) is 0 Å². The lowest BCUT2D eigenvalue weighted by Crippen LogP contribution is -2.47. The summed E-state index contributed by atoms with van der Waals surface area (Å²) < 4.78 is 0. The first-order valence-corrected chi connectivity index (χ1v) is 7.62. The van der Waals surface area contributed by atoms with Gasteiger partial charge in [0.25, 0.3) is 0 Å². The molecule has 1 saturated heterocycles. The van der Waals surface area contributed by atoms with E-state index in [2.05, 4.69) is 52.9 Å². The molecule has 0 N–H and O–H groups in total. The molecule has 3 rings (SSSR count). The minimum absolute atomic E-state index is 0.655. The first kappa shape index (κ1) is 14.4. The Kier molecular flexibility index (Phi) is 3.97. The highest BCUT2D eigenvalue weighted by Crippen LogP contribution is 2.25. The second-order valence-corrected chi connectivity index (χ2v) is 5.68. The van der Waals surface area contributed by atoms with Crippen LogP contribution in [0.25, 0.3) is 0 Å². The molecule has 0 bridgehead atoms. The molecule has 1 aliphatic rings. The molecule has 1 aromatic carbocycles. The Balaban J connectivity index is 1.76. The van der Waals surface area contributed by atoms with E-state index < -0.39 is 0 Å². The first-order chi connectivity index (χ1) is 10.7. The van der Waals surface area contributed by atoms with Gasteiger partial charge in [-0.05, 0) is 43.2 Å². The Morgan fingerprint density at radius 3 is 2.45 bits per heavy atom. The molecule has 1 fully saturated rings. The van der Waals surface area contributed by atoms with Crippen molar-refractivity contribution in [1.82, 2.24) is 4.98 Å². The van der Waals surface area contributed by atoms with Crippen LogP contribution in [0.5, 0.6) is 0 Å². The van der Waals surface area contributed by atoms with Gasteiger partial charge in [0.1, 0.15) is 11.9 Å². The molecule has 0 saturated carbocycles. The largest absolute Gasteiger partial charge is 0.368 e. The number of piperazine rings is 1. The molecule has 22 heavy (non-hydrogen) atoms. The van der Waals surface area contributed by atoms with Gasteiger partial charge in [0.15, 0.2) is 0 Å². The van der Waals surface area contributed by atoms with E-state index in [9.17, 15) is 5.26 Å². The fraction of sp³-hybridized carbons (Fsp3) is 0.333. The van der Waals surface area contributed by atoms with Gasteiger partial charge >= 0.3 is 0 Å². The van der Waals surface area contributed by atoms with Crippen molar-refractivity contribution in [3.8, 4) is 6.07 Å². The van der Waals surface area contributed by atoms with Crippen LogP contribution in [0.15, 0.2) is 36.5 Å². The van der Waals surface area contributed by atoms with Crippen LogP contribution in [0, 0.1) is 25.2 Å². The number of hydrogen-bond donors (Lipinski definition) is 0. The summed E-state index contributed by atoms with van der Waals surface area (Å²) in [5, 5.41) is 9.22. The number of anilines is 2. The molecule has 1 aromatic heterocycles. The third-order valence-electron chi connectivity index (χ3n) is 4.40. The van der Waals surface area contributed by atoms with Crippen molar-refractivity contribution in [2.24, 2.45) is 0 Å². The summed E-state index contributed by atoms with van der Waals surface area (Å²) >= 11 is 0. The van der Waals surface area contributed by atoms with Gasteiger partial charge in [-0.15, -0.1) is 0 Å². The van der Waals surface area contributed by atoms with Gasteiger partial charge in [-0.1, -0.05) is 12.1 Å². The van der Waals surface area contributed by atoms with Gasteiger partial charge in [-0.25, -0.2) is 4.98 Å². The third-order valence-corrected chi connectivity index (χ3v) is 4.40. The fourth-order valence-electron chi connectivity index (χ4n) is 2.97. The highest BCUT2D eigenvalue weighted by Gasteiger charge is 2.21. The Morgan fingerprint density at radius 2 is 1.73 bits per heavy atom. The highest BCUT2D eigenvalue weighted by molar-refractivity contribution is 5.59. The van der Waals surface area contributed by atoms with Crippen LogP contribution in [0.1, 0.15) is 16.7 Å². The zero-order valence-electron chi connectivity index (χ0n) is 13.1. The van der Waals surface area contributed by atoms with Crippen molar-refractivity contribution in [1.29, 1.82) is 5.26 Å². The first-order valence-electron chi connectivity index (χ1n) is 7.62. The molecular formula is C18H20N4. The number of aryl methyl sites for hydroxylation is 1. The number of hydrogen-bond acceptors (Lipinski definition) is 4. The van der Waals surface area contributed by atoms with Gasteiger partial charge < -0.3 is 9.80 Å². The van der Waals surface area contributed by atoms with E-state index in [1.807, 2.05) is 12.1 Å². The summed E-state index contributed by atoms with van der Waals surface area (Å²) in [6.07, 6.45) is 1.76. The number of nitrogens with zero attached hydrogens (tertiary/aromatic N) is 4. The van der Waals surface area contributed by atoms with E-state index in [1.165, 1.54) is 16.8 Å². The van der Waals surface area contributed by atoms with Crippen LogP contribution in [0.4, 0.5) is 11.5 Å². The highest BCUT2D eigenvalue weighted by atomic mass is 15.3. The number of benzene rings is 1. The van der Waals surface area contributed by atoms with Gasteiger partial charge in [-0.2, -0.15) is 5.26 Å². The molecule has 4 nitrogen and oxygen atoms in total. The van der Waals surface area contributed by atoms with Crippen molar-refractivity contribution in [3.05, 3.63) is 53.2 Å². The SMILES string of the molecule is Cc1cccc(N2CCN(c3ncccc3C#N)CC2)c1C. The Labute approximate surface area is 131 Å². The van der Waals surface area contributed by atoms with Gasteiger partial charge in [-0.3, -0.25) is 0 Å². The summed E-state index contributed by atoms with van der Waals surface area (Å²) in [7, 11) is 0. The second-order valence-electron chi connectivity index (χ2n) is 5.68. The van der Waals surface area contributed by atoms with E-state index in [0.29, 0.717) is 5.56 Å². The lowest BCUT2D eigenvalue weighted by atomic mass is 10.1. The van der Waals surface area contributed by atoms with Crippen LogP contribution in [-0.2, 0) is 0 Å². The number of aromatic nitrogens is 1. The lowest BCUT2D eigenvalue weighted by Gasteiger charge is -2.37. The Morgan fingerprint density at radius 1 is 1.00 bits per heavy atom. The van der Waals surface area contributed by atoms with Crippen LogP contribution >= 0.6 is 0 Å². The normalized spacial score (nSPS) is 14.8. The van der Waals surface area contributed by atoms with Gasteiger partial charge in [0, 0.05) is 38.1 Å². The Bertz CT molecular complexity index is 709. The summed E-state index contributed by atoms with van der Waals surface area (Å²) in [6, 6.07) is 12.4. The summed E-state index contributed by atoms with van der Waals surface area (Å²) in [5.74, 6) is 0.811. The second kappa shape index (κ2) is 6.07. The minimum atomic E-state index is 0.655. The maximum Gasteiger partial charge on any atom is 0.146 e. The average Bonchev–Trinajstić information content (AvgIpc) is 2.57. The monoisotopic (exact) mass is 292 g/mol. The number of nitriles is 1. The predicted molar refractivity (Wildman–Crippen MR) is 89.3 cm³/mol. The molecule has 0 radical (unpaired) electrons. The maximum absolute atomic E-state index is 9.22. The van der Waals surface area contributed by atoms with Crippen molar-refractivity contribution in [3.63, 3.8) is 0 Å². The minimum Gasteiger partial charge on any atom is -0.368 e. The molecule has 0 spiro atoms. The summed E-state index contributed by atoms with van der Waals surface area (Å²) in [4.78, 5) is 9.02. The lowest BCUT2D eigenvalue weighted by molar-refractivity contribution is 0.645. The molecule has 2 aromatic rings. The molecular weight excluding hydrogens is 272 g/mol. The predicted octanol–water partition coefficient (Wildman–Crippen LogP) is 2.90. The van der Waals surface area contributed by atoms with Crippen LogP contribution in [0.2, 0.25) is 0 Å². The van der Waals surface area contributed by atoms with Crippen molar-refractivity contribution in [2.45, 2.75) is 13.8 Å². The molecule has 0 aliphatic carbocycles. The van der Waals surface area contributed by atoms with E-state index in [0.717, 1.165) is 32.0 Å². The van der Waals surface area contributed by atoms with Crippen molar-refractivity contribution in [2.75, 3.05) is 36.0 Å². The van der Waals surface area contributed by atoms with E-state index >= 15 is 0 Å². The molecule has 1 aliphatic heterocycles. The van der Waals surface area contributed by atoms with Crippen LogP contribution < -0.4 is 9.80 Å². The summed E-state index contributed by atoms with van der Waals surface area (Å²) in [5.41, 5.74) is 4.66. The molecule has 4 heteroatoms. The van der Waals surface area contributed by atoms with Crippen LogP contribution in [0.3, 0.4) is 0 Å². The molecule has 112 valence electrons. The molecule has 0 unspecified atom stereocenters. The Hall–Kier alpha value is -2.54. The van der Waals surface area contributed by atoms with Crippen molar-refractivity contribution >= 4 is 11.5 Å². The fourth-order valence-corrected chi connectivity index (χ4v) is 2.97. The average molecular weight is 292 g/mol. The smallest absolute Gasteiger partial charge is 0.146 e.